The van der Waals surface area contributed by atoms with Gasteiger partial charge in [-0.05, 0) is 32.2 Å². The van der Waals surface area contributed by atoms with Gasteiger partial charge >= 0.3 is 0 Å². The Kier molecular flexibility index (Phi) is 6.99. The lowest BCUT2D eigenvalue weighted by Crippen LogP contribution is -2.40. The number of carbonyl (C=O) groups is 1. The van der Waals surface area contributed by atoms with Crippen molar-refractivity contribution in [1.29, 1.82) is 0 Å². The molecule has 0 unspecified atom stereocenters. The summed E-state index contributed by atoms with van der Waals surface area (Å²) >= 11 is 1.60. The molecule has 0 radical (unpaired) electrons. The lowest BCUT2D eigenvalue weighted by atomic mass is 9.92. The highest BCUT2D eigenvalue weighted by atomic mass is 35.5. The van der Waals surface area contributed by atoms with Crippen molar-refractivity contribution >= 4 is 34.8 Å². The van der Waals surface area contributed by atoms with E-state index in [2.05, 4.69) is 43.5 Å². The number of hydrogen-bond acceptors (Lipinski definition) is 4. The van der Waals surface area contributed by atoms with Crippen molar-refractivity contribution in [3.05, 3.63) is 35.2 Å². The second-order valence-electron chi connectivity index (χ2n) is 6.82. The van der Waals surface area contributed by atoms with Crippen molar-refractivity contribution in [2.24, 2.45) is 5.92 Å². The SMILES string of the molecule is CC(C)c1sc(NC(=O)[C@H]2CCN[C@@H](C)C2)nc1-c1ccccc1.Cl. The van der Waals surface area contributed by atoms with Crippen LogP contribution in [0.1, 0.15) is 44.4 Å². The van der Waals surface area contributed by atoms with Gasteiger partial charge in [0.15, 0.2) is 5.13 Å². The fourth-order valence-corrected chi connectivity index (χ4v) is 4.15. The number of halogens is 1. The molecule has 2 N–H and O–H groups in total. The number of benzene rings is 1. The van der Waals surface area contributed by atoms with E-state index in [9.17, 15) is 4.79 Å². The largest absolute Gasteiger partial charge is 0.314 e. The van der Waals surface area contributed by atoms with E-state index in [0.29, 0.717) is 17.1 Å². The standard InChI is InChI=1S/C19H25N3OS.ClH/c1-12(2)17-16(14-7-5-4-6-8-14)21-19(24-17)22-18(23)15-9-10-20-13(3)11-15;/h4-8,12-13,15,20H,9-11H2,1-3H3,(H,21,22,23);1H/t13-,15-;/m0./s1. The number of hydrogen-bond donors (Lipinski definition) is 2. The molecule has 1 aromatic carbocycles. The minimum absolute atomic E-state index is 0. The first-order valence-electron chi connectivity index (χ1n) is 8.65. The van der Waals surface area contributed by atoms with E-state index in [-0.39, 0.29) is 24.2 Å². The third-order valence-electron chi connectivity index (χ3n) is 4.45. The Labute approximate surface area is 159 Å². The minimum atomic E-state index is 0. The second-order valence-corrected chi connectivity index (χ2v) is 7.85. The molecule has 0 bridgehead atoms. The summed E-state index contributed by atoms with van der Waals surface area (Å²) in [7, 11) is 0. The number of nitrogens with one attached hydrogen (secondary N) is 2. The Balaban J connectivity index is 0.00000225. The van der Waals surface area contributed by atoms with Crippen LogP contribution in [0.15, 0.2) is 30.3 Å². The molecule has 1 aliphatic rings. The van der Waals surface area contributed by atoms with Crippen LogP contribution in [0.25, 0.3) is 11.3 Å². The van der Waals surface area contributed by atoms with Gasteiger partial charge in [-0.3, -0.25) is 4.79 Å². The zero-order valence-electron chi connectivity index (χ0n) is 14.9. The Bertz CT molecular complexity index is 702. The normalized spacial score (nSPS) is 20.2. The van der Waals surface area contributed by atoms with Crippen molar-refractivity contribution in [2.75, 3.05) is 11.9 Å². The molecule has 1 aromatic heterocycles. The summed E-state index contributed by atoms with van der Waals surface area (Å²) in [6.45, 7) is 7.37. The average molecular weight is 380 g/mol. The Morgan fingerprint density at radius 3 is 2.68 bits per heavy atom. The Morgan fingerprint density at radius 1 is 1.32 bits per heavy atom. The summed E-state index contributed by atoms with van der Waals surface area (Å²) in [6.07, 6.45) is 1.78. The van der Waals surface area contributed by atoms with Gasteiger partial charge in [-0.15, -0.1) is 23.7 Å². The second kappa shape index (κ2) is 8.79. The molecule has 2 heterocycles. The summed E-state index contributed by atoms with van der Waals surface area (Å²) in [5.74, 6) is 0.558. The van der Waals surface area contributed by atoms with Gasteiger partial charge in [0, 0.05) is 22.4 Å². The van der Waals surface area contributed by atoms with E-state index in [1.54, 1.807) is 11.3 Å². The van der Waals surface area contributed by atoms with Crippen molar-refractivity contribution in [2.45, 2.75) is 45.6 Å². The van der Waals surface area contributed by atoms with Crippen molar-refractivity contribution in [1.82, 2.24) is 10.3 Å². The number of piperidine rings is 1. The molecule has 0 saturated carbocycles. The van der Waals surface area contributed by atoms with Crippen molar-refractivity contribution < 1.29 is 4.79 Å². The molecule has 4 nitrogen and oxygen atoms in total. The van der Waals surface area contributed by atoms with Crippen LogP contribution in [0.2, 0.25) is 0 Å². The van der Waals surface area contributed by atoms with Gasteiger partial charge < -0.3 is 10.6 Å². The number of thiazole rings is 1. The number of carbonyl (C=O) groups excluding carboxylic acids is 1. The van der Waals surface area contributed by atoms with Crippen LogP contribution in [-0.2, 0) is 4.79 Å². The van der Waals surface area contributed by atoms with Crippen LogP contribution in [0.4, 0.5) is 5.13 Å². The average Bonchev–Trinajstić information content (AvgIpc) is 3.00. The number of amides is 1. The quantitative estimate of drug-likeness (QED) is 0.810. The molecule has 0 aliphatic carbocycles. The molecular formula is C19H26ClN3OS. The van der Waals surface area contributed by atoms with E-state index in [1.807, 2.05) is 18.2 Å². The van der Waals surface area contributed by atoms with E-state index in [1.165, 1.54) is 4.88 Å². The molecule has 136 valence electrons. The molecule has 1 saturated heterocycles. The van der Waals surface area contributed by atoms with Crippen LogP contribution in [0.5, 0.6) is 0 Å². The molecular weight excluding hydrogens is 354 g/mol. The first-order chi connectivity index (χ1) is 11.5. The Morgan fingerprint density at radius 2 is 2.04 bits per heavy atom. The highest BCUT2D eigenvalue weighted by Crippen LogP contribution is 2.36. The molecule has 0 spiro atoms. The highest BCUT2D eigenvalue weighted by molar-refractivity contribution is 7.16. The third kappa shape index (κ3) is 4.81. The van der Waals surface area contributed by atoms with Gasteiger partial charge in [0.1, 0.15) is 0 Å². The van der Waals surface area contributed by atoms with E-state index >= 15 is 0 Å². The lowest BCUT2D eigenvalue weighted by Gasteiger charge is -2.26. The topological polar surface area (TPSA) is 54.0 Å². The van der Waals surface area contributed by atoms with E-state index in [0.717, 1.165) is 30.6 Å². The summed E-state index contributed by atoms with van der Waals surface area (Å²) < 4.78 is 0. The van der Waals surface area contributed by atoms with E-state index < -0.39 is 0 Å². The number of aromatic nitrogens is 1. The Hall–Kier alpha value is -1.43. The minimum Gasteiger partial charge on any atom is -0.314 e. The molecule has 1 fully saturated rings. The van der Waals surface area contributed by atoms with Crippen LogP contribution in [-0.4, -0.2) is 23.5 Å². The van der Waals surface area contributed by atoms with Crippen LogP contribution in [0.3, 0.4) is 0 Å². The fourth-order valence-electron chi connectivity index (χ4n) is 3.16. The van der Waals surface area contributed by atoms with Crippen molar-refractivity contribution in [3.8, 4) is 11.3 Å². The van der Waals surface area contributed by atoms with Crippen molar-refractivity contribution in [3.63, 3.8) is 0 Å². The predicted octanol–water partition coefficient (Wildman–Crippen LogP) is 4.68. The summed E-state index contributed by atoms with van der Waals surface area (Å²) in [4.78, 5) is 18.5. The summed E-state index contributed by atoms with van der Waals surface area (Å²) in [5.41, 5.74) is 2.10. The van der Waals surface area contributed by atoms with Crippen LogP contribution < -0.4 is 10.6 Å². The molecule has 1 aliphatic heterocycles. The maximum Gasteiger partial charge on any atom is 0.229 e. The maximum absolute atomic E-state index is 12.6. The molecule has 2 aromatic rings. The summed E-state index contributed by atoms with van der Waals surface area (Å²) in [6, 6.07) is 10.6. The number of rotatable bonds is 4. The third-order valence-corrected chi connectivity index (χ3v) is 5.72. The van der Waals surface area contributed by atoms with Crippen LogP contribution in [0, 0.1) is 5.92 Å². The fraction of sp³-hybridized carbons (Fsp3) is 0.474. The lowest BCUT2D eigenvalue weighted by molar-refractivity contribution is -0.120. The smallest absolute Gasteiger partial charge is 0.229 e. The summed E-state index contributed by atoms with van der Waals surface area (Å²) in [5, 5.41) is 7.16. The molecule has 25 heavy (non-hydrogen) atoms. The monoisotopic (exact) mass is 379 g/mol. The van der Waals surface area contributed by atoms with Gasteiger partial charge in [-0.2, -0.15) is 0 Å². The first-order valence-corrected chi connectivity index (χ1v) is 9.46. The number of anilines is 1. The van der Waals surface area contributed by atoms with Gasteiger partial charge in [0.2, 0.25) is 5.91 Å². The van der Waals surface area contributed by atoms with Crippen LogP contribution >= 0.6 is 23.7 Å². The van der Waals surface area contributed by atoms with E-state index in [4.69, 9.17) is 4.98 Å². The molecule has 6 heteroatoms. The maximum atomic E-state index is 12.6. The van der Waals surface area contributed by atoms with Gasteiger partial charge in [-0.25, -0.2) is 4.98 Å². The van der Waals surface area contributed by atoms with Gasteiger partial charge in [0.05, 0.1) is 5.69 Å². The highest BCUT2D eigenvalue weighted by Gasteiger charge is 2.26. The molecule has 3 rings (SSSR count). The predicted molar refractivity (Wildman–Crippen MR) is 108 cm³/mol. The zero-order valence-corrected chi connectivity index (χ0v) is 16.5. The van der Waals surface area contributed by atoms with Gasteiger partial charge in [-0.1, -0.05) is 44.2 Å². The molecule has 1 amide bonds. The zero-order chi connectivity index (χ0) is 17.1. The first kappa shape index (κ1) is 19.9. The number of nitrogens with zero attached hydrogens (tertiary/aromatic N) is 1. The van der Waals surface area contributed by atoms with Gasteiger partial charge in [0.25, 0.3) is 0 Å². The molecule has 2 atom stereocenters.